The quantitative estimate of drug-likeness (QED) is 0.775. The summed E-state index contributed by atoms with van der Waals surface area (Å²) >= 11 is 11.2. The summed E-state index contributed by atoms with van der Waals surface area (Å²) < 4.78 is 0. The van der Waals surface area contributed by atoms with Crippen LogP contribution in [0.25, 0.3) is 0 Å². The van der Waals surface area contributed by atoms with Crippen molar-refractivity contribution in [3.05, 3.63) is 40.4 Å². The van der Waals surface area contributed by atoms with Crippen LogP contribution in [0, 0.1) is 0 Å². The lowest BCUT2D eigenvalue weighted by Crippen LogP contribution is -2.00. The van der Waals surface area contributed by atoms with Gasteiger partial charge in [0.2, 0.25) is 0 Å². The Balaban J connectivity index is 2.45. The molecule has 0 aliphatic carbocycles. The van der Waals surface area contributed by atoms with E-state index in [1.54, 1.807) is 0 Å². The fraction of sp³-hybridized carbons (Fsp3) is 0.385. The van der Waals surface area contributed by atoms with Gasteiger partial charge >= 0.3 is 0 Å². The van der Waals surface area contributed by atoms with E-state index in [1.807, 2.05) is 0 Å². The van der Waals surface area contributed by atoms with E-state index in [4.69, 9.17) is 23.2 Å². The molecule has 88 valence electrons. The monoisotopic (exact) mass is 257 g/mol. The Bertz CT molecular complexity index is 330. The van der Waals surface area contributed by atoms with Crippen LogP contribution in [-0.2, 0) is 6.42 Å². The highest BCUT2D eigenvalue weighted by atomic mass is 35.5. The number of hydrogen-bond acceptors (Lipinski definition) is 1. The molecule has 0 bridgehead atoms. The van der Waals surface area contributed by atoms with Gasteiger partial charge in [0.25, 0.3) is 0 Å². The summed E-state index contributed by atoms with van der Waals surface area (Å²) in [4.78, 5) is 0. The minimum atomic E-state index is 0.569. The molecule has 0 spiro atoms. The molecule has 0 amide bonds. The Kier molecular flexibility index (Phi) is 6.36. The van der Waals surface area contributed by atoms with Gasteiger partial charge in [-0.15, -0.1) is 0 Å². The second-order valence-corrected chi connectivity index (χ2v) is 4.41. The summed E-state index contributed by atoms with van der Waals surface area (Å²) in [6.07, 6.45) is 3.63. The average molecular weight is 258 g/mol. The first-order valence-electron chi connectivity index (χ1n) is 5.54. The molecular weight excluding hydrogens is 241 g/mol. The molecule has 1 rings (SSSR count). The molecule has 1 N–H and O–H groups in total. The lowest BCUT2D eigenvalue weighted by atomic mass is 10.1. The summed E-state index contributed by atoms with van der Waals surface area (Å²) in [6.45, 7) is 2.77. The zero-order chi connectivity index (χ0) is 11.8. The van der Waals surface area contributed by atoms with Gasteiger partial charge < -0.3 is 5.32 Å². The van der Waals surface area contributed by atoms with Gasteiger partial charge in [0, 0.05) is 16.3 Å². The second kappa shape index (κ2) is 7.59. The molecule has 0 radical (unpaired) electrons. The summed E-state index contributed by atoms with van der Waals surface area (Å²) in [6, 6.07) is 8.44. The van der Waals surface area contributed by atoms with E-state index < -0.39 is 0 Å². The molecule has 1 aromatic rings. The van der Waals surface area contributed by atoms with E-state index in [9.17, 15) is 0 Å². The fourth-order valence-corrected chi connectivity index (χ4v) is 1.54. The van der Waals surface area contributed by atoms with Crippen molar-refractivity contribution in [1.82, 2.24) is 0 Å². The Hall–Kier alpha value is -0.660. The van der Waals surface area contributed by atoms with Gasteiger partial charge in [-0.1, -0.05) is 48.7 Å². The van der Waals surface area contributed by atoms with Crippen molar-refractivity contribution < 1.29 is 0 Å². The number of aryl methyl sites for hydroxylation is 1. The minimum Gasteiger partial charge on any atom is -0.380 e. The van der Waals surface area contributed by atoms with Crippen molar-refractivity contribution in [3.63, 3.8) is 0 Å². The largest absolute Gasteiger partial charge is 0.380 e. The van der Waals surface area contributed by atoms with Crippen LogP contribution < -0.4 is 5.32 Å². The van der Waals surface area contributed by atoms with Gasteiger partial charge in [-0.3, -0.25) is 0 Å². The van der Waals surface area contributed by atoms with Crippen LogP contribution in [0.5, 0.6) is 0 Å². The zero-order valence-electron chi connectivity index (χ0n) is 9.47. The van der Waals surface area contributed by atoms with Gasteiger partial charge in [-0.2, -0.15) is 0 Å². The minimum absolute atomic E-state index is 0.569. The highest BCUT2D eigenvalue weighted by Crippen LogP contribution is 2.13. The standard InChI is InChI=1S/C13H17Cl2N/c1-2-3-4-11-5-7-13(8-6-11)16-10-12(15)9-14/h5-9,16H,2-4,10H2,1H3. The Labute approximate surface area is 107 Å². The smallest absolute Gasteiger partial charge is 0.0516 e. The number of rotatable bonds is 6. The third-order valence-electron chi connectivity index (χ3n) is 2.35. The van der Waals surface area contributed by atoms with Gasteiger partial charge in [0.05, 0.1) is 6.54 Å². The molecule has 3 heteroatoms. The third kappa shape index (κ3) is 4.91. The molecular formula is C13H17Cl2N. The van der Waals surface area contributed by atoms with Crippen LogP contribution in [0.1, 0.15) is 25.3 Å². The summed E-state index contributed by atoms with van der Waals surface area (Å²) in [5.74, 6) is 0. The zero-order valence-corrected chi connectivity index (χ0v) is 11.0. The molecule has 16 heavy (non-hydrogen) atoms. The summed E-state index contributed by atoms with van der Waals surface area (Å²) in [5.41, 5.74) is 3.83. The number of hydrogen-bond donors (Lipinski definition) is 1. The van der Waals surface area contributed by atoms with Crippen molar-refractivity contribution in [1.29, 1.82) is 0 Å². The second-order valence-electron chi connectivity index (χ2n) is 3.71. The summed E-state index contributed by atoms with van der Waals surface area (Å²) in [7, 11) is 0. The van der Waals surface area contributed by atoms with Gasteiger partial charge in [0.1, 0.15) is 0 Å². The van der Waals surface area contributed by atoms with E-state index in [2.05, 4.69) is 36.5 Å². The van der Waals surface area contributed by atoms with Crippen molar-refractivity contribution >= 4 is 28.9 Å². The van der Waals surface area contributed by atoms with E-state index in [-0.39, 0.29) is 0 Å². The number of unbranched alkanes of at least 4 members (excludes halogenated alkanes) is 1. The van der Waals surface area contributed by atoms with Gasteiger partial charge in [-0.05, 0) is 30.5 Å². The number of anilines is 1. The maximum Gasteiger partial charge on any atom is 0.0516 e. The van der Waals surface area contributed by atoms with Crippen LogP contribution in [0.3, 0.4) is 0 Å². The normalized spacial score (nSPS) is 11.6. The Morgan fingerprint density at radius 1 is 1.31 bits per heavy atom. The molecule has 0 saturated carbocycles. The fourth-order valence-electron chi connectivity index (χ4n) is 1.40. The highest BCUT2D eigenvalue weighted by Gasteiger charge is 1.95. The molecule has 0 fully saturated rings. The molecule has 0 atom stereocenters. The van der Waals surface area contributed by atoms with Crippen LogP contribution >= 0.6 is 23.2 Å². The number of nitrogens with one attached hydrogen (secondary N) is 1. The van der Waals surface area contributed by atoms with E-state index in [0.717, 1.165) is 12.1 Å². The SMILES string of the molecule is CCCCc1ccc(NCC(Cl)=CCl)cc1. The van der Waals surface area contributed by atoms with E-state index in [0.29, 0.717) is 11.6 Å². The lowest BCUT2D eigenvalue weighted by molar-refractivity contribution is 0.795. The Morgan fingerprint density at radius 3 is 2.56 bits per heavy atom. The molecule has 0 saturated heterocycles. The average Bonchev–Trinajstić information content (AvgIpc) is 2.34. The first-order chi connectivity index (χ1) is 7.76. The highest BCUT2D eigenvalue weighted by molar-refractivity contribution is 6.36. The number of benzene rings is 1. The maximum atomic E-state index is 5.78. The molecule has 0 aromatic heterocycles. The molecule has 0 unspecified atom stereocenters. The van der Waals surface area contributed by atoms with Crippen LogP contribution in [0.2, 0.25) is 0 Å². The van der Waals surface area contributed by atoms with E-state index >= 15 is 0 Å². The van der Waals surface area contributed by atoms with Crippen molar-refractivity contribution in [2.45, 2.75) is 26.2 Å². The van der Waals surface area contributed by atoms with Crippen LogP contribution in [0.15, 0.2) is 34.8 Å². The molecule has 0 aliphatic heterocycles. The van der Waals surface area contributed by atoms with Gasteiger partial charge in [-0.25, -0.2) is 0 Å². The van der Waals surface area contributed by atoms with Gasteiger partial charge in [0.15, 0.2) is 0 Å². The Morgan fingerprint density at radius 2 is 2.00 bits per heavy atom. The van der Waals surface area contributed by atoms with Crippen molar-refractivity contribution in [2.24, 2.45) is 0 Å². The predicted octanol–water partition coefficient (Wildman–Crippen LogP) is 4.76. The summed E-state index contributed by atoms with van der Waals surface area (Å²) in [5, 5.41) is 3.80. The topological polar surface area (TPSA) is 12.0 Å². The molecule has 1 nitrogen and oxygen atoms in total. The number of halogens is 2. The first-order valence-corrected chi connectivity index (χ1v) is 6.35. The first kappa shape index (κ1) is 13.4. The van der Waals surface area contributed by atoms with Crippen molar-refractivity contribution in [2.75, 3.05) is 11.9 Å². The maximum absolute atomic E-state index is 5.78. The van der Waals surface area contributed by atoms with Crippen LogP contribution in [0.4, 0.5) is 5.69 Å². The lowest BCUT2D eigenvalue weighted by Gasteiger charge is -2.06. The molecule has 0 aliphatic rings. The van der Waals surface area contributed by atoms with E-state index in [1.165, 1.54) is 23.9 Å². The predicted molar refractivity (Wildman–Crippen MR) is 73.3 cm³/mol. The van der Waals surface area contributed by atoms with Crippen LogP contribution in [-0.4, -0.2) is 6.54 Å². The van der Waals surface area contributed by atoms with Crippen molar-refractivity contribution in [3.8, 4) is 0 Å². The molecule has 1 aromatic carbocycles. The third-order valence-corrected chi connectivity index (χ3v) is 2.97. The molecule has 0 heterocycles.